The molecule has 1 aliphatic rings. The molecule has 0 heterocycles. The highest BCUT2D eigenvalue weighted by Gasteiger charge is 2.24. The van der Waals surface area contributed by atoms with Crippen molar-refractivity contribution >= 4 is 0 Å². The van der Waals surface area contributed by atoms with E-state index in [9.17, 15) is 0 Å². The summed E-state index contributed by atoms with van der Waals surface area (Å²) in [6.45, 7) is 2.12. The maximum absolute atomic E-state index is 6.05. The number of aryl methyl sites for hydroxylation is 1. The van der Waals surface area contributed by atoms with Gasteiger partial charge in [0, 0.05) is 6.04 Å². The van der Waals surface area contributed by atoms with Gasteiger partial charge in [0.15, 0.2) is 0 Å². The molecule has 0 aromatic heterocycles. The summed E-state index contributed by atoms with van der Waals surface area (Å²) < 4.78 is 0. The quantitative estimate of drug-likeness (QED) is 0.697. The van der Waals surface area contributed by atoms with Gasteiger partial charge in [-0.1, -0.05) is 36.2 Å². The molecular weight excluding hydrogens is 158 g/mol. The van der Waals surface area contributed by atoms with Crippen LogP contribution in [0.1, 0.15) is 36.3 Å². The summed E-state index contributed by atoms with van der Waals surface area (Å²) in [6.07, 6.45) is 3.75. The zero-order valence-electron chi connectivity index (χ0n) is 8.16. The Labute approximate surface area is 80.0 Å². The molecule has 0 saturated heterocycles. The van der Waals surface area contributed by atoms with Gasteiger partial charge < -0.3 is 5.73 Å². The number of rotatable bonds is 1. The number of benzene rings is 1. The molecule has 1 heteroatoms. The van der Waals surface area contributed by atoms with E-state index in [0.717, 1.165) is 0 Å². The Morgan fingerprint density at radius 2 is 1.85 bits per heavy atom. The van der Waals surface area contributed by atoms with Crippen molar-refractivity contribution in [3.8, 4) is 0 Å². The van der Waals surface area contributed by atoms with Gasteiger partial charge in [0.2, 0.25) is 0 Å². The molecule has 0 aliphatic heterocycles. The van der Waals surface area contributed by atoms with E-state index < -0.39 is 0 Å². The van der Waals surface area contributed by atoms with Crippen molar-refractivity contribution in [3.63, 3.8) is 0 Å². The van der Waals surface area contributed by atoms with Gasteiger partial charge in [-0.3, -0.25) is 0 Å². The molecule has 2 atom stereocenters. The lowest BCUT2D eigenvalue weighted by Crippen LogP contribution is -2.22. The highest BCUT2D eigenvalue weighted by molar-refractivity contribution is 5.26. The molecule has 2 rings (SSSR count). The molecule has 1 fully saturated rings. The first-order chi connectivity index (χ1) is 6.27. The Balaban J connectivity index is 2.20. The highest BCUT2D eigenvalue weighted by Crippen LogP contribution is 2.33. The van der Waals surface area contributed by atoms with Crippen LogP contribution < -0.4 is 5.73 Å². The minimum Gasteiger partial charge on any atom is -0.327 e. The van der Waals surface area contributed by atoms with Crippen molar-refractivity contribution in [1.82, 2.24) is 0 Å². The third kappa shape index (κ3) is 1.75. The Kier molecular flexibility index (Phi) is 2.36. The van der Waals surface area contributed by atoms with Gasteiger partial charge in [0.05, 0.1) is 0 Å². The van der Waals surface area contributed by atoms with E-state index in [0.29, 0.717) is 12.0 Å². The van der Waals surface area contributed by atoms with Gasteiger partial charge in [-0.05, 0) is 31.2 Å². The second kappa shape index (κ2) is 3.51. The smallest absolute Gasteiger partial charge is 0.0108 e. The average Bonchev–Trinajstić information content (AvgIpc) is 2.53. The van der Waals surface area contributed by atoms with Crippen LogP contribution in [-0.2, 0) is 0 Å². The normalized spacial score (nSPS) is 27.8. The maximum Gasteiger partial charge on any atom is 0.0108 e. The zero-order chi connectivity index (χ0) is 9.26. The van der Waals surface area contributed by atoms with Crippen molar-refractivity contribution < 1.29 is 0 Å². The second-order valence-electron chi connectivity index (χ2n) is 4.11. The van der Waals surface area contributed by atoms with Crippen molar-refractivity contribution in [2.24, 2.45) is 5.73 Å². The molecular formula is C12H17N. The Hall–Kier alpha value is -0.820. The lowest BCUT2D eigenvalue weighted by atomic mass is 9.94. The first-order valence-corrected chi connectivity index (χ1v) is 5.09. The van der Waals surface area contributed by atoms with E-state index >= 15 is 0 Å². The highest BCUT2D eigenvalue weighted by atomic mass is 14.7. The number of hydrogen-bond acceptors (Lipinski definition) is 1. The molecule has 1 saturated carbocycles. The Bertz CT molecular complexity index is 276. The molecule has 13 heavy (non-hydrogen) atoms. The monoisotopic (exact) mass is 175 g/mol. The SMILES string of the molecule is Cc1ccc([C@@H]2CCC[C@H]2N)cc1. The third-order valence-electron chi connectivity index (χ3n) is 3.07. The molecule has 70 valence electrons. The van der Waals surface area contributed by atoms with Crippen molar-refractivity contribution in [3.05, 3.63) is 35.4 Å². The number of hydrogen-bond donors (Lipinski definition) is 1. The van der Waals surface area contributed by atoms with E-state index in [1.54, 1.807) is 0 Å². The van der Waals surface area contributed by atoms with E-state index in [4.69, 9.17) is 5.73 Å². The van der Waals surface area contributed by atoms with Gasteiger partial charge in [-0.15, -0.1) is 0 Å². The van der Waals surface area contributed by atoms with Crippen LogP contribution in [0.3, 0.4) is 0 Å². The Morgan fingerprint density at radius 1 is 1.15 bits per heavy atom. The molecule has 1 aromatic carbocycles. The van der Waals surface area contributed by atoms with Crippen LogP contribution in [0.4, 0.5) is 0 Å². The summed E-state index contributed by atoms with van der Waals surface area (Å²) in [5, 5.41) is 0. The van der Waals surface area contributed by atoms with Crippen molar-refractivity contribution in [1.29, 1.82) is 0 Å². The fourth-order valence-corrected chi connectivity index (χ4v) is 2.22. The van der Waals surface area contributed by atoms with Crippen LogP contribution in [-0.4, -0.2) is 6.04 Å². The molecule has 1 aromatic rings. The molecule has 2 N–H and O–H groups in total. The Morgan fingerprint density at radius 3 is 2.38 bits per heavy atom. The minimum absolute atomic E-state index is 0.391. The summed E-state index contributed by atoms with van der Waals surface area (Å²) >= 11 is 0. The molecule has 0 amide bonds. The first-order valence-electron chi connectivity index (χ1n) is 5.09. The maximum atomic E-state index is 6.05. The molecule has 1 aliphatic carbocycles. The van der Waals surface area contributed by atoms with Gasteiger partial charge in [0.25, 0.3) is 0 Å². The third-order valence-corrected chi connectivity index (χ3v) is 3.07. The van der Waals surface area contributed by atoms with Crippen molar-refractivity contribution in [2.45, 2.75) is 38.1 Å². The lowest BCUT2D eigenvalue weighted by Gasteiger charge is -2.15. The summed E-state index contributed by atoms with van der Waals surface area (Å²) in [5.74, 6) is 0.612. The van der Waals surface area contributed by atoms with Crippen LogP contribution in [0.5, 0.6) is 0 Å². The summed E-state index contributed by atoms with van der Waals surface area (Å²) in [4.78, 5) is 0. The van der Waals surface area contributed by atoms with E-state index in [1.165, 1.54) is 30.4 Å². The summed E-state index contributed by atoms with van der Waals surface area (Å²) in [6, 6.07) is 9.21. The second-order valence-corrected chi connectivity index (χ2v) is 4.11. The zero-order valence-corrected chi connectivity index (χ0v) is 8.16. The predicted molar refractivity (Wildman–Crippen MR) is 55.7 cm³/mol. The summed E-state index contributed by atoms with van der Waals surface area (Å²) in [7, 11) is 0. The molecule has 0 spiro atoms. The minimum atomic E-state index is 0.391. The van der Waals surface area contributed by atoms with E-state index in [1.807, 2.05) is 0 Å². The van der Waals surface area contributed by atoms with Gasteiger partial charge in [-0.25, -0.2) is 0 Å². The average molecular weight is 175 g/mol. The van der Waals surface area contributed by atoms with Crippen LogP contribution in [0.25, 0.3) is 0 Å². The van der Waals surface area contributed by atoms with Gasteiger partial charge >= 0.3 is 0 Å². The topological polar surface area (TPSA) is 26.0 Å². The number of nitrogens with two attached hydrogens (primary N) is 1. The largest absolute Gasteiger partial charge is 0.327 e. The lowest BCUT2D eigenvalue weighted by molar-refractivity contribution is 0.613. The summed E-state index contributed by atoms with van der Waals surface area (Å²) in [5.41, 5.74) is 8.80. The molecule has 1 nitrogen and oxygen atoms in total. The molecule has 0 bridgehead atoms. The van der Waals surface area contributed by atoms with E-state index in [2.05, 4.69) is 31.2 Å². The first kappa shape index (κ1) is 8.76. The van der Waals surface area contributed by atoms with Crippen LogP contribution >= 0.6 is 0 Å². The van der Waals surface area contributed by atoms with Gasteiger partial charge in [0.1, 0.15) is 0 Å². The van der Waals surface area contributed by atoms with Crippen LogP contribution in [0, 0.1) is 6.92 Å². The van der Waals surface area contributed by atoms with Gasteiger partial charge in [-0.2, -0.15) is 0 Å². The predicted octanol–water partition coefficient (Wildman–Crippen LogP) is 2.59. The van der Waals surface area contributed by atoms with Crippen molar-refractivity contribution in [2.75, 3.05) is 0 Å². The fraction of sp³-hybridized carbons (Fsp3) is 0.500. The standard InChI is InChI=1S/C12H17N/c1-9-5-7-10(8-6-9)11-3-2-4-12(11)13/h5-8,11-12H,2-4,13H2,1H3/t11-,12+/m0/s1. The van der Waals surface area contributed by atoms with Crippen LogP contribution in [0.2, 0.25) is 0 Å². The van der Waals surface area contributed by atoms with E-state index in [-0.39, 0.29) is 0 Å². The molecule has 0 unspecified atom stereocenters. The molecule has 0 radical (unpaired) electrons. The fourth-order valence-electron chi connectivity index (χ4n) is 2.22. The van der Waals surface area contributed by atoms with Crippen LogP contribution in [0.15, 0.2) is 24.3 Å².